The number of likely N-dealkylation sites (tertiary alicyclic amines) is 1. The van der Waals surface area contributed by atoms with Crippen molar-refractivity contribution in [1.29, 1.82) is 0 Å². The number of nitrogen functional groups attached to an aromatic ring is 1. The second-order valence-corrected chi connectivity index (χ2v) is 9.86. The molecule has 0 radical (unpaired) electrons. The minimum absolute atomic E-state index is 0.315. The van der Waals surface area contributed by atoms with Gasteiger partial charge in [-0.05, 0) is 68.9 Å². The van der Waals surface area contributed by atoms with Crippen molar-refractivity contribution < 1.29 is 9.59 Å². The summed E-state index contributed by atoms with van der Waals surface area (Å²) >= 11 is 1.65. The van der Waals surface area contributed by atoms with Crippen molar-refractivity contribution in [2.75, 3.05) is 17.6 Å². The summed E-state index contributed by atoms with van der Waals surface area (Å²) in [5.74, 6) is -0.500. The second-order valence-electron chi connectivity index (χ2n) is 8.63. The van der Waals surface area contributed by atoms with Gasteiger partial charge in [0, 0.05) is 6.54 Å². The Hall–Kier alpha value is -3.00. The molecule has 3 N–H and O–H groups in total. The van der Waals surface area contributed by atoms with Gasteiger partial charge in [-0.25, -0.2) is 9.97 Å². The van der Waals surface area contributed by atoms with Crippen LogP contribution in [0.1, 0.15) is 42.8 Å². The van der Waals surface area contributed by atoms with E-state index in [4.69, 9.17) is 5.73 Å². The summed E-state index contributed by atoms with van der Waals surface area (Å²) in [5.41, 5.74) is 8.30. The molecule has 7 nitrogen and oxygen atoms in total. The van der Waals surface area contributed by atoms with Gasteiger partial charge < -0.3 is 16.0 Å². The van der Waals surface area contributed by atoms with Crippen molar-refractivity contribution in [3.8, 4) is 0 Å². The molecule has 0 spiro atoms. The highest BCUT2D eigenvalue weighted by molar-refractivity contribution is 7.18. The number of nitrogens with two attached hydrogens (primary N) is 1. The third-order valence-electron chi connectivity index (χ3n) is 6.15. The lowest BCUT2D eigenvalue weighted by Crippen LogP contribution is -2.55. The molecule has 1 aliphatic heterocycles. The largest absolute Gasteiger partial charge is 0.383 e. The highest BCUT2D eigenvalue weighted by atomic mass is 32.1. The maximum Gasteiger partial charge on any atom is 0.313 e. The summed E-state index contributed by atoms with van der Waals surface area (Å²) < 4.78 is 1.12. The van der Waals surface area contributed by atoms with E-state index in [0.29, 0.717) is 24.0 Å². The van der Waals surface area contributed by atoms with E-state index in [1.165, 1.54) is 6.20 Å². The zero-order chi connectivity index (χ0) is 22.3. The Morgan fingerprint density at radius 3 is 2.81 bits per heavy atom. The van der Waals surface area contributed by atoms with Crippen LogP contribution in [0.4, 0.5) is 11.5 Å². The van der Waals surface area contributed by atoms with Gasteiger partial charge >= 0.3 is 11.8 Å². The number of benzene rings is 1. The third kappa shape index (κ3) is 3.99. The Morgan fingerprint density at radius 1 is 1.29 bits per heavy atom. The van der Waals surface area contributed by atoms with Crippen LogP contribution >= 0.6 is 11.3 Å². The number of carbonyl (C=O) groups is 2. The van der Waals surface area contributed by atoms with E-state index in [1.54, 1.807) is 29.2 Å². The van der Waals surface area contributed by atoms with E-state index in [-0.39, 0.29) is 0 Å². The quantitative estimate of drug-likeness (QED) is 0.590. The molecular weight excluding hydrogens is 410 g/mol. The first-order valence-corrected chi connectivity index (χ1v) is 11.2. The number of aromatic nitrogens is 2. The minimum atomic E-state index is -0.670. The third-order valence-corrected chi connectivity index (χ3v) is 7.10. The van der Waals surface area contributed by atoms with Gasteiger partial charge in [0.05, 0.1) is 32.6 Å². The van der Waals surface area contributed by atoms with Crippen LogP contribution in [0.15, 0.2) is 30.5 Å². The first-order valence-electron chi connectivity index (χ1n) is 10.4. The maximum atomic E-state index is 13.3. The molecule has 3 heterocycles. The fraction of sp³-hybridized carbons (Fsp3) is 0.391. The van der Waals surface area contributed by atoms with Crippen molar-refractivity contribution in [3.05, 3.63) is 46.6 Å². The summed E-state index contributed by atoms with van der Waals surface area (Å²) in [4.78, 5) is 36.6. The molecule has 2 aromatic heterocycles. The van der Waals surface area contributed by atoms with Gasteiger partial charge in [0.2, 0.25) is 0 Å². The van der Waals surface area contributed by atoms with Gasteiger partial charge in [0.15, 0.2) is 0 Å². The summed E-state index contributed by atoms with van der Waals surface area (Å²) in [7, 11) is 0. The zero-order valence-electron chi connectivity index (χ0n) is 18.2. The topological polar surface area (TPSA) is 101 Å². The summed E-state index contributed by atoms with van der Waals surface area (Å²) in [6, 6.07) is 7.88. The fourth-order valence-corrected chi connectivity index (χ4v) is 5.02. The van der Waals surface area contributed by atoms with Crippen LogP contribution in [0.3, 0.4) is 0 Å². The number of carbonyl (C=O) groups excluding carboxylic acids is 2. The maximum absolute atomic E-state index is 13.3. The molecule has 3 aromatic rings. The predicted octanol–water partition coefficient (Wildman–Crippen LogP) is 4.00. The number of piperidine rings is 1. The number of hydrogen-bond donors (Lipinski definition) is 2. The number of anilines is 2. The fourth-order valence-electron chi connectivity index (χ4n) is 4.21. The van der Waals surface area contributed by atoms with E-state index in [9.17, 15) is 9.59 Å². The number of thiazole rings is 1. The Labute approximate surface area is 185 Å². The van der Waals surface area contributed by atoms with Crippen molar-refractivity contribution in [3.63, 3.8) is 0 Å². The van der Waals surface area contributed by atoms with Crippen LogP contribution < -0.4 is 11.1 Å². The van der Waals surface area contributed by atoms with Gasteiger partial charge in [-0.2, -0.15) is 0 Å². The summed E-state index contributed by atoms with van der Waals surface area (Å²) in [6.07, 6.45) is 3.23. The molecule has 4 rings (SSSR count). The zero-order valence-corrected chi connectivity index (χ0v) is 19.0. The molecule has 0 saturated carbocycles. The molecule has 0 bridgehead atoms. The molecule has 1 fully saturated rings. The van der Waals surface area contributed by atoms with Crippen LogP contribution in [-0.4, -0.2) is 33.2 Å². The Kier molecular flexibility index (Phi) is 5.43. The van der Waals surface area contributed by atoms with Crippen molar-refractivity contribution in [1.82, 2.24) is 14.9 Å². The molecule has 1 aromatic carbocycles. The molecule has 31 heavy (non-hydrogen) atoms. The number of nitrogens with zero attached hydrogens (tertiary/aromatic N) is 3. The number of rotatable bonds is 2. The van der Waals surface area contributed by atoms with Gasteiger partial charge in [-0.3, -0.25) is 9.59 Å². The number of aryl methyl sites for hydroxylation is 2. The molecule has 0 unspecified atom stereocenters. The first kappa shape index (κ1) is 21.2. The van der Waals surface area contributed by atoms with Crippen molar-refractivity contribution in [2.45, 2.75) is 46.1 Å². The van der Waals surface area contributed by atoms with Crippen LogP contribution in [0.2, 0.25) is 0 Å². The van der Waals surface area contributed by atoms with E-state index in [0.717, 1.165) is 39.2 Å². The lowest BCUT2D eigenvalue weighted by atomic mass is 9.79. The number of pyridine rings is 1. The van der Waals surface area contributed by atoms with Gasteiger partial charge in [0.25, 0.3) is 0 Å². The Morgan fingerprint density at radius 2 is 2.06 bits per heavy atom. The Balaban J connectivity index is 1.64. The normalized spacial score (nSPS) is 21.3. The predicted molar refractivity (Wildman–Crippen MR) is 124 cm³/mol. The Bertz CT molecular complexity index is 1170. The SMILES string of the molecule is Cc1nc2cc([C@]3(C)CC[C@H](C)CN3C(=O)C(=O)Nc3cnc(N)c(C)c3)ccc2s1. The van der Waals surface area contributed by atoms with E-state index in [2.05, 4.69) is 40.4 Å². The van der Waals surface area contributed by atoms with Crippen molar-refractivity contribution in [2.24, 2.45) is 5.92 Å². The summed E-state index contributed by atoms with van der Waals surface area (Å²) in [6.45, 7) is 8.47. The highest BCUT2D eigenvalue weighted by Crippen LogP contribution is 2.40. The van der Waals surface area contributed by atoms with Crippen LogP contribution in [0.5, 0.6) is 0 Å². The van der Waals surface area contributed by atoms with Gasteiger partial charge in [-0.15, -0.1) is 11.3 Å². The molecule has 1 aliphatic rings. The van der Waals surface area contributed by atoms with Crippen molar-refractivity contribution >= 4 is 44.9 Å². The summed E-state index contributed by atoms with van der Waals surface area (Å²) in [5, 5.41) is 3.69. The van der Waals surface area contributed by atoms with E-state index < -0.39 is 17.4 Å². The molecule has 2 amide bonds. The highest BCUT2D eigenvalue weighted by Gasteiger charge is 2.43. The van der Waals surface area contributed by atoms with Crippen LogP contribution in [0.25, 0.3) is 10.2 Å². The standard InChI is InChI=1S/C23H27N5O2S/c1-13-7-8-23(4,16-5-6-19-18(10-16)26-15(3)31-19)28(12-13)22(30)21(29)27-17-9-14(2)20(24)25-11-17/h5-6,9-11,13H,7-8,12H2,1-4H3,(H2,24,25)(H,27,29)/t13-,23-/m0/s1. The number of hydrogen-bond acceptors (Lipinski definition) is 6. The average Bonchev–Trinajstić information content (AvgIpc) is 3.11. The van der Waals surface area contributed by atoms with Gasteiger partial charge in [-0.1, -0.05) is 13.0 Å². The van der Waals surface area contributed by atoms with E-state index >= 15 is 0 Å². The molecule has 0 aliphatic carbocycles. The first-order chi connectivity index (χ1) is 14.7. The van der Waals surface area contributed by atoms with Crippen LogP contribution in [0, 0.1) is 19.8 Å². The van der Waals surface area contributed by atoms with Gasteiger partial charge in [0.1, 0.15) is 5.82 Å². The average molecular weight is 438 g/mol. The number of amides is 2. The number of nitrogens with one attached hydrogen (secondary N) is 1. The molecule has 2 atom stereocenters. The monoisotopic (exact) mass is 437 g/mol. The van der Waals surface area contributed by atoms with E-state index in [1.807, 2.05) is 13.8 Å². The van der Waals surface area contributed by atoms with Crippen LogP contribution in [-0.2, 0) is 15.1 Å². The molecule has 8 heteroatoms. The minimum Gasteiger partial charge on any atom is -0.383 e. The smallest absolute Gasteiger partial charge is 0.313 e. The molecule has 1 saturated heterocycles. The number of fused-ring (bicyclic) bond motifs is 1. The second kappa shape index (κ2) is 7.92. The molecular formula is C23H27N5O2S. The lowest BCUT2D eigenvalue weighted by molar-refractivity contribution is -0.150. The molecule has 162 valence electrons. The lowest BCUT2D eigenvalue weighted by Gasteiger charge is -2.47.